The maximum Gasteiger partial charge on any atom is 0.229 e. The van der Waals surface area contributed by atoms with Gasteiger partial charge in [0.25, 0.3) is 0 Å². The topological polar surface area (TPSA) is 64.7 Å². The van der Waals surface area contributed by atoms with Crippen LogP contribution in [0.25, 0.3) is 0 Å². The van der Waals surface area contributed by atoms with Crippen molar-refractivity contribution < 1.29 is 14.6 Å². The van der Waals surface area contributed by atoms with Crippen LogP contribution in [0, 0.1) is 0 Å². The number of aliphatic hydroxyl groups is 1. The smallest absolute Gasteiger partial charge is 0.229 e. The molecular formula is C12H15NO3. The third-order valence-electron chi connectivity index (χ3n) is 2.61. The molecule has 86 valence electrons. The number of rotatable bonds is 4. The molecule has 1 atom stereocenters. The molecule has 1 aliphatic heterocycles. The fraction of sp³-hybridized carbons (Fsp3) is 0.333. The van der Waals surface area contributed by atoms with Gasteiger partial charge in [0.2, 0.25) is 6.79 Å². The Labute approximate surface area is 94.3 Å². The number of benzene rings is 1. The second kappa shape index (κ2) is 4.55. The normalized spacial score (nSPS) is 18.2. The lowest BCUT2D eigenvalue weighted by molar-refractivity contribution is 0.0576. The van der Waals surface area contributed by atoms with Crippen molar-refractivity contribution in [1.82, 2.24) is 0 Å². The first kappa shape index (κ1) is 11.0. The van der Waals surface area contributed by atoms with Gasteiger partial charge in [-0.3, -0.25) is 0 Å². The van der Waals surface area contributed by atoms with Gasteiger partial charge in [0.05, 0.1) is 6.61 Å². The van der Waals surface area contributed by atoms with Crippen LogP contribution in [0.5, 0.6) is 0 Å². The maximum absolute atomic E-state index is 9.41. The molecule has 3 N–H and O–H groups in total. The van der Waals surface area contributed by atoms with E-state index in [1.807, 2.05) is 30.3 Å². The molecule has 4 heteroatoms. The quantitative estimate of drug-likeness (QED) is 0.788. The Morgan fingerprint density at radius 1 is 1.31 bits per heavy atom. The molecular weight excluding hydrogens is 206 g/mol. The molecule has 4 nitrogen and oxygen atoms in total. The molecule has 0 radical (unpaired) electrons. The minimum atomic E-state index is -0.905. The fourth-order valence-electron chi connectivity index (χ4n) is 1.68. The molecule has 2 rings (SSSR count). The van der Waals surface area contributed by atoms with Crippen molar-refractivity contribution >= 4 is 0 Å². The van der Waals surface area contributed by atoms with Crippen LogP contribution in [0.2, 0.25) is 0 Å². The molecule has 16 heavy (non-hydrogen) atoms. The summed E-state index contributed by atoms with van der Waals surface area (Å²) in [6.07, 6.45) is 1.98. The van der Waals surface area contributed by atoms with E-state index in [1.54, 1.807) is 0 Å². The summed E-state index contributed by atoms with van der Waals surface area (Å²) < 4.78 is 10.2. The fourth-order valence-corrected chi connectivity index (χ4v) is 1.68. The molecule has 1 aliphatic rings. The van der Waals surface area contributed by atoms with Crippen molar-refractivity contribution in [3.63, 3.8) is 0 Å². The molecule has 1 aromatic rings. The molecule has 0 amide bonds. The molecule has 0 fully saturated rings. The third kappa shape index (κ3) is 2.18. The molecule has 0 aliphatic carbocycles. The van der Waals surface area contributed by atoms with Crippen LogP contribution in [0.4, 0.5) is 0 Å². The highest BCUT2D eigenvalue weighted by atomic mass is 16.7. The maximum atomic E-state index is 9.41. The Bertz CT molecular complexity index is 377. The lowest BCUT2D eigenvalue weighted by Gasteiger charge is -2.26. The Kier molecular flexibility index (Phi) is 3.12. The van der Waals surface area contributed by atoms with Crippen LogP contribution in [0.15, 0.2) is 42.4 Å². The summed E-state index contributed by atoms with van der Waals surface area (Å²) in [6, 6.07) is 9.75. The molecule has 0 bridgehead atoms. The highest BCUT2D eigenvalue weighted by Crippen LogP contribution is 2.23. The average molecular weight is 221 g/mol. The first-order valence-electron chi connectivity index (χ1n) is 5.13. The van der Waals surface area contributed by atoms with Gasteiger partial charge in [-0.2, -0.15) is 0 Å². The summed E-state index contributed by atoms with van der Waals surface area (Å²) in [4.78, 5) is 0. The monoisotopic (exact) mass is 221 g/mol. The van der Waals surface area contributed by atoms with Crippen molar-refractivity contribution in [2.45, 2.75) is 12.0 Å². The van der Waals surface area contributed by atoms with Crippen LogP contribution in [-0.4, -0.2) is 24.0 Å². The molecule has 1 aromatic carbocycles. The Morgan fingerprint density at radius 3 is 2.62 bits per heavy atom. The molecule has 0 aromatic heterocycles. The van der Waals surface area contributed by atoms with Crippen LogP contribution < -0.4 is 5.73 Å². The standard InChI is InChI=1S/C12H15NO3/c13-12(8-14,11-7-15-9-16-11)6-10-4-2-1-3-5-10/h1-5,7,14H,6,8-9,13H2/t12-/m0/s1. The summed E-state index contributed by atoms with van der Waals surface area (Å²) in [6.45, 7) is -0.0137. The first-order chi connectivity index (χ1) is 7.74. The number of ether oxygens (including phenoxy) is 2. The largest absolute Gasteiger partial charge is 0.462 e. The number of hydrogen-bond acceptors (Lipinski definition) is 4. The van der Waals surface area contributed by atoms with Crippen LogP contribution in [-0.2, 0) is 15.9 Å². The van der Waals surface area contributed by atoms with Crippen molar-refractivity contribution in [3.05, 3.63) is 47.9 Å². The lowest BCUT2D eigenvalue weighted by Crippen LogP contribution is -2.48. The molecule has 0 saturated carbocycles. The van der Waals surface area contributed by atoms with E-state index in [1.165, 1.54) is 6.26 Å². The van der Waals surface area contributed by atoms with Gasteiger partial charge in [-0.05, 0) is 12.0 Å². The SMILES string of the molecule is N[C@](CO)(Cc1ccccc1)C1=COCO1. The minimum Gasteiger partial charge on any atom is -0.462 e. The van der Waals surface area contributed by atoms with E-state index < -0.39 is 5.54 Å². The van der Waals surface area contributed by atoms with E-state index >= 15 is 0 Å². The van der Waals surface area contributed by atoms with E-state index in [4.69, 9.17) is 15.2 Å². The van der Waals surface area contributed by atoms with Gasteiger partial charge in [0.15, 0.2) is 5.76 Å². The Hall–Kier alpha value is -1.52. The van der Waals surface area contributed by atoms with Gasteiger partial charge < -0.3 is 20.3 Å². The predicted molar refractivity (Wildman–Crippen MR) is 59.3 cm³/mol. The second-order valence-corrected chi connectivity index (χ2v) is 3.89. The number of hydrogen-bond donors (Lipinski definition) is 2. The van der Waals surface area contributed by atoms with Crippen molar-refractivity contribution in [3.8, 4) is 0 Å². The van der Waals surface area contributed by atoms with Crippen molar-refractivity contribution in [2.24, 2.45) is 5.73 Å². The van der Waals surface area contributed by atoms with E-state index in [2.05, 4.69) is 0 Å². The second-order valence-electron chi connectivity index (χ2n) is 3.89. The van der Waals surface area contributed by atoms with Gasteiger partial charge in [0, 0.05) is 0 Å². The van der Waals surface area contributed by atoms with E-state index in [-0.39, 0.29) is 13.4 Å². The number of aliphatic hydroxyl groups excluding tert-OH is 1. The van der Waals surface area contributed by atoms with Crippen molar-refractivity contribution in [2.75, 3.05) is 13.4 Å². The summed E-state index contributed by atoms with van der Waals surface area (Å²) in [7, 11) is 0. The predicted octanol–water partition coefficient (Wildman–Crippen LogP) is 0.765. The van der Waals surface area contributed by atoms with E-state index in [0.717, 1.165) is 5.56 Å². The van der Waals surface area contributed by atoms with Gasteiger partial charge in [-0.15, -0.1) is 0 Å². The van der Waals surface area contributed by atoms with Crippen LogP contribution in [0.1, 0.15) is 5.56 Å². The zero-order valence-corrected chi connectivity index (χ0v) is 8.93. The van der Waals surface area contributed by atoms with Gasteiger partial charge >= 0.3 is 0 Å². The molecule has 0 saturated heterocycles. The highest BCUT2D eigenvalue weighted by molar-refractivity contribution is 5.23. The van der Waals surface area contributed by atoms with Gasteiger partial charge in [0.1, 0.15) is 11.8 Å². The summed E-state index contributed by atoms with van der Waals surface area (Å²) in [5, 5.41) is 9.41. The van der Waals surface area contributed by atoms with Crippen molar-refractivity contribution in [1.29, 1.82) is 0 Å². The van der Waals surface area contributed by atoms with Crippen LogP contribution >= 0.6 is 0 Å². The Balaban J connectivity index is 2.16. The van der Waals surface area contributed by atoms with Crippen LogP contribution in [0.3, 0.4) is 0 Å². The molecule has 1 heterocycles. The molecule has 0 spiro atoms. The third-order valence-corrected chi connectivity index (χ3v) is 2.61. The zero-order valence-electron chi connectivity index (χ0n) is 8.93. The van der Waals surface area contributed by atoms with Gasteiger partial charge in [-0.1, -0.05) is 30.3 Å². The minimum absolute atomic E-state index is 0.170. The summed E-state index contributed by atoms with van der Waals surface area (Å²) in [5.74, 6) is 0.499. The van der Waals surface area contributed by atoms with E-state index in [0.29, 0.717) is 12.2 Å². The highest BCUT2D eigenvalue weighted by Gasteiger charge is 2.33. The number of nitrogens with two attached hydrogens (primary N) is 1. The summed E-state index contributed by atoms with van der Waals surface area (Å²) in [5.41, 5.74) is 6.26. The Morgan fingerprint density at radius 2 is 2.06 bits per heavy atom. The molecule has 0 unspecified atom stereocenters. The lowest BCUT2D eigenvalue weighted by atomic mass is 9.91. The summed E-state index contributed by atoms with van der Waals surface area (Å²) >= 11 is 0. The van der Waals surface area contributed by atoms with E-state index in [9.17, 15) is 5.11 Å². The first-order valence-corrected chi connectivity index (χ1v) is 5.13. The zero-order chi connectivity index (χ0) is 11.4. The van der Waals surface area contributed by atoms with Gasteiger partial charge in [-0.25, -0.2) is 0 Å². The average Bonchev–Trinajstić information content (AvgIpc) is 2.84.